The summed E-state index contributed by atoms with van der Waals surface area (Å²) >= 11 is 5.53. The predicted octanol–water partition coefficient (Wildman–Crippen LogP) is 2.82. The molecule has 2 aromatic carbocycles. The predicted molar refractivity (Wildman–Crippen MR) is 114 cm³/mol. The maximum atomic E-state index is 12.9. The highest BCUT2D eigenvalue weighted by Crippen LogP contribution is 2.22. The summed E-state index contributed by atoms with van der Waals surface area (Å²) in [6.07, 6.45) is 0.899. The van der Waals surface area contributed by atoms with Gasteiger partial charge in [-0.15, -0.1) is 0 Å². The molecule has 6 nitrogen and oxygen atoms in total. The number of thiocarbonyl (C=S) groups is 1. The van der Waals surface area contributed by atoms with Gasteiger partial charge in [-0.1, -0.05) is 37.3 Å². The minimum absolute atomic E-state index is 0.0588. The van der Waals surface area contributed by atoms with Crippen molar-refractivity contribution < 1.29 is 8.42 Å². The van der Waals surface area contributed by atoms with E-state index in [2.05, 4.69) is 18.3 Å². The molecule has 0 unspecified atom stereocenters. The van der Waals surface area contributed by atoms with Gasteiger partial charge in [-0.25, -0.2) is 8.42 Å². The first kappa shape index (κ1) is 20.3. The van der Waals surface area contributed by atoms with E-state index in [1.807, 2.05) is 29.2 Å². The van der Waals surface area contributed by atoms with Crippen LogP contribution in [0.5, 0.6) is 0 Å². The lowest BCUT2D eigenvalue weighted by molar-refractivity contribution is 0.268. The molecule has 0 saturated carbocycles. The standard InChI is InChI=1S/C20H22N4O2S2/c1-2-16-7-3-5-9-18(16)22-20(27)23-11-13-24(14-12-23)28(25,26)19-10-6-4-8-17(19)15-21/h3-10H,2,11-14H2,1H3,(H,22,27). The van der Waals surface area contributed by atoms with Crippen molar-refractivity contribution >= 4 is 33.0 Å². The molecule has 146 valence electrons. The van der Waals surface area contributed by atoms with Gasteiger partial charge in [-0.2, -0.15) is 9.57 Å². The van der Waals surface area contributed by atoms with Gasteiger partial charge in [0.1, 0.15) is 6.07 Å². The second-order valence-electron chi connectivity index (χ2n) is 6.44. The van der Waals surface area contributed by atoms with Gasteiger partial charge >= 0.3 is 0 Å². The van der Waals surface area contributed by atoms with Crippen LogP contribution in [0.15, 0.2) is 53.4 Å². The van der Waals surface area contributed by atoms with Crippen LogP contribution < -0.4 is 5.32 Å². The summed E-state index contributed by atoms with van der Waals surface area (Å²) < 4.78 is 27.3. The molecule has 0 spiro atoms. The van der Waals surface area contributed by atoms with Crippen molar-refractivity contribution in [3.8, 4) is 6.07 Å². The van der Waals surface area contributed by atoms with Gasteiger partial charge in [-0.05, 0) is 42.4 Å². The Balaban J connectivity index is 1.67. The molecule has 0 radical (unpaired) electrons. The van der Waals surface area contributed by atoms with Gasteiger partial charge in [0.15, 0.2) is 5.11 Å². The molecule has 1 aliphatic rings. The topological polar surface area (TPSA) is 76.4 Å². The number of benzene rings is 2. The smallest absolute Gasteiger partial charge is 0.244 e. The number of rotatable bonds is 4. The first-order valence-corrected chi connectivity index (χ1v) is 10.9. The van der Waals surface area contributed by atoms with Crippen LogP contribution in [-0.4, -0.2) is 48.9 Å². The van der Waals surface area contributed by atoms with Gasteiger partial charge < -0.3 is 10.2 Å². The van der Waals surface area contributed by atoms with Crippen LogP contribution in [-0.2, 0) is 16.4 Å². The highest BCUT2D eigenvalue weighted by molar-refractivity contribution is 7.89. The van der Waals surface area contributed by atoms with E-state index in [1.54, 1.807) is 12.1 Å². The lowest BCUT2D eigenvalue weighted by Crippen LogP contribution is -2.51. The Hall–Kier alpha value is -2.47. The number of piperazine rings is 1. The molecule has 1 N–H and O–H groups in total. The first-order chi connectivity index (χ1) is 13.5. The summed E-state index contributed by atoms with van der Waals surface area (Å²) in [5.41, 5.74) is 2.32. The average Bonchev–Trinajstić information content (AvgIpc) is 2.74. The van der Waals surface area contributed by atoms with E-state index >= 15 is 0 Å². The number of sulfonamides is 1. The molecule has 1 aliphatic heterocycles. The van der Waals surface area contributed by atoms with E-state index in [-0.39, 0.29) is 10.5 Å². The maximum Gasteiger partial charge on any atom is 0.244 e. The molecule has 1 saturated heterocycles. The lowest BCUT2D eigenvalue weighted by atomic mass is 10.1. The molecule has 0 atom stereocenters. The summed E-state index contributed by atoms with van der Waals surface area (Å²) in [5.74, 6) is 0. The average molecular weight is 415 g/mol. The largest absolute Gasteiger partial charge is 0.346 e. The number of nitriles is 1. The van der Waals surface area contributed by atoms with E-state index in [9.17, 15) is 13.7 Å². The monoisotopic (exact) mass is 414 g/mol. The summed E-state index contributed by atoms with van der Waals surface area (Å²) in [4.78, 5) is 2.04. The molecule has 0 aliphatic carbocycles. The van der Waals surface area contributed by atoms with Crippen molar-refractivity contribution in [1.29, 1.82) is 5.26 Å². The van der Waals surface area contributed by atoms with Crippen LogP contribution in [0.1, 0.15) is 18.1 Å². The quantitative estimate of drug-likeness (QED) is 0.776. The van der Waals surface area contributed by atoms with E-state index in [0.717, 1.165) is 12.1 Å². The van der Waals surface area contributed by atoms with Gasteiger partial charge in [0.25, 0.3) is 0 Å². The number of nitrogens with zero attached hydrogens (tertiary/aromatic N) is 3. The van der Waals surface area contributed by atoms with Crippen LogP contribution in [0.4, 0.5) is 5.69 Å². The highest BCUT2D eigenvalue weighted by atomic mass is 32.2. The van der Waals surface area contributed by atoms with E-state index in [4.69, 9.17) is 12.2 Å². The summed E-state index contributed by atoms with van der Waals surface area (Å²) in [6, 6.07) is 16.3. The number of hydrogen-bond donors (Lipinski definition) is 1. The molecule has 0 aromatic heterocycles. The normalized spacial score (nSPS) is 15.1. The van der Waals surface area contributed by atoms with Crippen molar-refractivity contribution in [3.63, 3.8) is 0 Å². The molecular formula is C20H22N4O2S2. The number of hydrogen-bond acceptors (Lipinski definition) is 4. The van der Waals surface area contributed by atoms with Crippen molar-refractivity contribution in [2.24, 2.45) is 0 Å². The first-order valence-electron chi connectivity index (χ1n) is 9.10. The van der Waals surface area contributed by atoms with Crippen LogP contribution >= 0.6 is 12.2 Å². The number of nitrogens with one attached hydrogen (secondary N) is 1. The molecular weight excluding hydrogens is 392 g/mol. The number of para-hydroxylation sites is 1. The number of anilines is 1. The molecule has 1 heterocycles. The fourth-order valence-corrected chi connectivity index (χ4v) is 5.06. The second-order valence-corrected chi connectivity index (χ2v) is 8.73. The third-order valence-electron chi connectivity index (χ3n) is 4.79. The Morgan fingerprint density at radius 3 is 2.43 bits per heavy atom. The van der Waals surface area contributed by atoms with Crippen molar-refractivity contribution in [3.05, 3.63) is 59.7 Å². The number of aryl methyl sites for hydroxylation is 1. The summed E-state index contributed by atoms with van der Waals surface area (Å²) in [7, 11) is -3.70. The van der Waals surface area contributed by atoms with Gasteiger partial charge in [0.2, 0.25) is 10.0 Å². The molecule has 2 aromatic rings. The molecule has 3 rings (SSSR count). The zero-order valence-electron chi connectivity index (χ0n) is 15.6. The van der Waals surface area contributed by atoms with E-state index in [0.29, 0.717) is 31.3 Å². The van der Waals surface area contributed by atoms with Crippen LogP contribution in [0, 0.1) is 11.3 Å². The molecule has 0 amide bonds. The third kappa shape index (κ3) is 4.17. The Morgan fingerprint density at radius 1 is 1.11 bits per heavy atom. The zero-order valence-corrected chi connectivity index (χ0v) is 17.3. The van der Waals surface area contributed by atoms with E-state index in [1.165, 1.54) is 22.0 Å². The minimum Gasteiger partial charge on any atom is -0.346 e. The van der Waals surface area contributed by atoms with Crippen LogP contribution in [0.25, 0.3) is 0 Å². The maximum absolute atomic E-state index is 12.9. The molecule has 0 bridgehead atoms. The van der Waals surface area contributed by atoms with Gasteiger partial charge in [0.05, 0.1) is 10.5 Å². The molecule has 1 fully saturated rings. The Labute approximate surface area is 171 Å². The molecule has 8 heteroatoms. The lowest BCUT2D eigenvalue weighted by Gasteiger charge is -2.35. The summed E-state index contributed by atoms with van der Waals surface area (Å²) in [6.45, 7) is 3.72. The van der Waals surface area contributed by atoms with Crippen molar-refractivity contribution in [2.75, 3.05) is 31.5 Å². The third-order valence-corrected chi connectivity index (χ3v) is 7.11. The fraction of sp³-hybridized carbons (Fsp3) is 0.300. The van der Waals surface area contributed by atoms with Crippen molar-refractivity contribution in [2.45, 2.75) is 18.2 Å². The minimum atomic E-state index is -3.70. The Kier molecular flexibility index (Phi) is 6.29. The second kappa shape index (κ2) is 8.69. The Bertz CT molecular complexity index is 1010. The summed E-state index contributed by atoms with van der Waals surface area (Å²) in [5, 5.41) is 13.1. The van der Waals surface area contributed by atoms with E-state index < -0.39 is 10.0 Å². The molecule has 28 heavy (non-hydrogen) atoms. The van der Waals surface area contributed by atoms with Crippen molar-refractivity contribution in [1.82, 2.24) is 9.21 Å². The zero-order chi connectivity index (χ0) is 20.1. The van der Waals surface area contributed by atoms with Gasteiger partial charge in [-0.3, -0.25) is 0 Å². The Morgan fingerprint density at radius 2 is 1.75 bits per heavy atom. The SMILES string of the molecule is CCc1ccccc1NC(=S)N1CCN(S(=O)(=O)c2ccccc2C#N)CC1. The van der Waals surface area contributed by atoms with Crippen LogP contribution in [0.2, 0.25) is 0 Å². The van der Waals surface area contributed by atoms with Gasteiger partial charge in [0, 0.05) is 31.9 Å². The highest BCUT2D eigenvalue weighted by Gasteiger charge is 2.30. The fourth-order valence-electron chi connectivity index (χ4n) is 3.20. The van der Waals surface area contributed by atoms with Crippen LogP contribution in [0.3, 0.4) is 0 Å².